The molecule has 0 amide bonds. The van der Waals surface area contributed by atoms with Gasteiger partial charge in [-0.25, -0.2) is 0 Å². The van der Waals surface area contributed by atoms with Gasteiger partial charge in [0, 0.05) is 5.56 Å². The van der Waals surface area contributed by atoms with Crippen LogP contribution in [0.15, 0.2) is 78.9 Å². The van der Waals surface area contributed by atoms with Crippen LogP contribution in [0.3, 0.4) is 0 Å². The van der Waals surface area contributed by atoms with Gasteiger partial charge in [-0.3, -0.25) is 0 Å². The maximum absolute atomic E-state index is 5.32. The Morgan fingerprint density at radius 3 is 1.81 bits per heavy atom. The fourth-order valence-electron chi connectivity index (χ4n) is 2.50. The van der Waals surface area contributed by atoms with Crippen LogP contribution in [0.5, 0.6) is 0 Å². The predicted octanol–water partition coefficient (Wildman–Crippen LogP) is 5.63. The summed E-state index contributed by atoms with van der Waals surface area (Å²) in [5.74, 6) is 0. The summed E-state index contributed by atoms with van der Waals surface area (Å²) < 4.78 is 0.617. The standard InChI is InChI=1S/C19H14S2/c20-19(21)17-13-7-12-16(14-8-3-1-4-9-14)18(17)15-10-5-2-6-11-15/h1-13H,(H,20,21). The van der Waals surface area contributed by atoms with Crippen LogP contribution >= 0.6 is 24.8 Å². The van der Waals surface area contributed by atoms with Crippen molar-refractivity contribution in [3.8, 4) is 22.3 Å². The van der Waals surface area contributed by atoms with Gasteiger partial charge in [0.2, 0.25) is 0 Å². The SMILES string of the molecule is S=C(S)c1cccc(-c2ccccc2)c1-c1ccccc1. The third-order valence-corrected chi connectivity index (χ3v) is 3.90. The van der Waals surface area contributed by atoms with E-state index < -0.39 is 0 Å². The third-order valence-electron chi connectivity index (χ3n) is 3.44. The van der Waals surface area contributed by atoms with Crippen LogP contribution in [0.25, 0.3) is 22.3 Å². The Morgan fingerprint density at radius 1 is 0.667 bits per heavy atom. The lowest BCUT2D eigenvalue weighted by molar-refractivity contribution is 1.57. The molecule has 2 heteroatoms. The number of hydrogen-bond acceptors (Lipinski definition) is 1. The number of benzene rings is 3. The monoisotopic (exact) mass is 306 g/mol. The molecule has 0 aliphatic heterocycles. The molecule has 0 atom stereocenters. The maximum atomic E-state index is 5.32. The average molecular weight is 306 g/mol. The Balaban J connectivity index is 2.31. The molecule has 0 aromatic heterocycles. The molecule has 0 unspecified atom stereocenters. The lowest BCUT2D eigenvalue weighted by Crippen LogP contribution is -1.95. The van der Waals surface area contributed by atoms with Crippen molar-refractivity contribution < 1.29 is 0 Å². The summed E-state index contributed by atoms with van der Waals surface area (Å²) >= 11 is 9.72. The Kier molecular flexibility index (Phi) is 4.18. The minimum atomic E-state index is 0.617. The van der Waals surface area contributed by atoms with Gasteiger partial charge in [-0.15, -0.1) is 12.6 Å². The summed E-state index contributed by atoms with van der Waals surface area (Å²) in [4.78, 5) is 0. The minimum Gasteiger partial charge on any atom is -0.131 e. The maximum Gasteiger partial charge on any atom is 0.0754 e. The lowest BCUT2D eigenvalue weighted by atomic mass is 9.91. The quantitative estimate of drug-likeness (QED) is 0.483. The van der Waals surface area contributed by atoms with Crippen LogP contribution in [0.1, 0.15) is 5.56 Å². The van der Waals surface area contributed by atoms with Gasteiger partial charge in [0.15, 0.2) is 0 Å². The zero-order valence-corrected chi connectivity index (χ0v) is 13.1. The number of thiocarbonyl (C=S) groups is 1. The van der Waals surface area contributed by atoms with Gasteiger partial charge in [-0.1, -0.05) is 91.1 Å². The number of hydrogen-bond donors (Lipinski definition) is 1. The first-order valence-electron chi connectivity index (χ1n) is 6.74. The van der Waals surface area contributed by atoms with Gasteiger partial charge >= 0.3 is 0 Å². The van der Waals surface area contributed by atoms with Crippen molar-refractivity contribution in [1.29, 1.82) is 0 Å². The van der Waals surface area contributed by atoms with Crippen LogP contribution in [0.4, 0.5) is 0 Å². The van der Waals surface area contributed by atoms with Crippen LogP contribution in [-0.2, 0) is 0 Å². The van der Waals surface area contributed by atoms with Crippen LogP contribution in [0.2, 0.25) is 0 Å². The molecule has 0 N–H and O–H groups in total. The normalized spacial score (nSPS) is 10.3. The van der Waals surface area contributed by atoms with E-state index in [0.717, 1.165) is 16.7 Å². The molecular weight excluding hydrogens is 292 g/mol. The van der Waals surface area contributed by atoms with Crippen LogP contribution in [-0.4, -0.2) is 4.20 Å². The van der Waals surface area contributed by atoms with Crippen molar-refractivity contribution in [3.63, 3.8) is 0 Å². The molecule has 0 saturated carbocycles. The van der Waals surface area contributed by atoms with E-state index in [1.807, 2.05) is 36.4 Å². The van der Waals surface area contributed by atoms with Gasteiger partial charge in [0.25, 0.3) is 0 Å². The highest BCUT2D eigenvalue weighted by Crippen LogP contribution is 2.35. The number of thiol groups is 1. The summed E-state index contributed by atoms with van der Waals surface area (Å²) in [5.41, 5.74) is 5.66. The fraction of sp³-hybridized carbons (Fsp3) is 0. The summed E-state index contributed by atoms with van der Waals surface area (Å²) in [6.45, 7) is 0. The molecule has 102 valence electrons. The van der Waals surface area contributed by atoms with E-state index >= 15 is 0 Å². The zero-order chi connectivity index (χ0) is 14.7. The van der Waals surface area contributed by atoms with Crippen molar-refractivity contribution in [2.24, 2.45) is 0 Å². The molecule has 0 heterocycles. The van der Waals surface area contributed by atoms with E-state index in [1.54, 1.807) is 0 Å². The zero-order valence-electron chi connectivity index (χ0n) is 11.4. The average Bonchev–Trinajstić information content (AvgIpc) is 2.55. The fourth-order valence-corrected chi connectivity index (χ4v) is 2.86. The topological polar surface area (TPSA) is 0 Å². The van der Waals surface area contributed by atoms with Crippen LogP contribution in [0, 0.1) is 0 Å². The molecule has 3 rings (SSSR count). The van der Waals surface area contributed by atoms with E-state index in [4.69, 9.17) is 12.2 Å². The summed E-state index contributed by atoms with van der Waals surface area (Å²) in [6, 6.07) is 26.9. The Bertz CT molecular complexity index is 762. The van der Waals surface area contributed by atoms with Crippen LogP contribution < -0.4 is 0 Å². The van der Waals surface area contributed by atoms with Crippen molar-refractivity contribution in [2.75, 3.05) is 0 Å². The molecule has 0 nitrogen and oxygen atoms in total. The van der Waals surface area contributed by atoms with Crippen molar-refractivity contribution in [3.05, 3.63) is 84.4 Å². The molecule has 0 fully saturated rings. The smallest absolute Gasteiger partial charge is 0.0754 e. The molecule has 0 spiro atoms. The highest BCUT2D eigenvalue weighted by molar-refractivity contribution is 8.11. The third kappa shape index (κ3) is 2.92. The van der Waals surface area contributed by atoms with Gasteiger partial charge in [-0.05, 0) is 22.3 Å². The first kappa shape index (κ1) is 14.1. The Labute approximate surface area is 135 Å². The Morgan fingerprint density at radius 2 is 1.24 bits per heavy atom. The first-order chi connectivity index (χ1) is 10.3. The van der Waals surface area contributed by atoms with E-state index in [1.165, 1.54) is 11.1 Å². The number of rotatable bonds is 3. The first-order valence-corrected chi connectivity index (χ1v) is 7.60. The van der Waals surface area contributed by atoms with E-state index in [9.17, 15) is 0 Å². The highest BCUT2D eigenvalue weighted by atomic mass is 32.1. The van der Waals surface area contributed by atoms with Gasteiger partial charge in [0.05, 0.1) is 4.20 Å². The largest absolute Gasteiger partial charge is 0.131 e. The summed E-state index contributed by atoms with van der Waals surface area (Å²) in [7, 11) is 0. The van der Waals surface area contributed by atoms with Crippen molar-refractivity contribution in [2.45, 2.75) is 0 Å². The van der Waals surface area contributed by atoms with Crippen molar-refractivity contribution in [1.82, 2.24) is 0 Å². The predicted molar refractivity (Wildman–Crippen MR) is 98.0 cm³/mol. The van der Waals surface area contributed by atoms with E-state index in [-0.39, 0.29) is 0 Å². The molecule has 3 aromatic rings. The molecule has 0 radical (unpaired) electrons. The summed E-state index contributed by atoms with van der Waals surface area (Å²) in [6.07, 6.45) is 0. The van der Waals surface area contributed by atoms with Crippen molar-refractivity contribution >= 4 is 29.0 Å². The second kappa shape index (κ2) is 6.25. The molecule has 21 heavy (non-hydrogen) atoms. The van der Waals surface area contributed by atoms with Gasteiger partial charge < -0.3 is 0 Å². The Hall–Kier alpha value is -1.90. The molecule has 3 aromatic carbocycles. The lowest BCUT2D eigenvalue weighted by Gasteiger charge is -2.14. The second-order valence-corrected chi connectivity index (χ2v) is 5.92. The van der Waals surface area contributed by atoms with Gasteiger partial charge in [0.1, 0.15) is 0 Å². The van der Waals surface area contributed by atoms with E-state index in [0.29, 0.717) is 4.20 Å². The minimum absolute atomic E-state index is 0.617. The molecule has 0 bridgehead atoms. The molecule has 0 aliphatic carbocycles. The molecule has 0 saturated heterocycles. The second-order valence-electron chi connectivity index (χ2n) is 4.77. The van der Waals surface area contributed by atoms with Gasteiger partial charge in [-0.2, -0.15) is 0 Å². The van der Waals surface area contributed by atoms with E-state index in [2.05, 4.69) is 55.1 Å². The molecular formula is C19H14S2. The summed E-state index contributed by atoms with van der Waals surface area (Å²) in [5, 5.41) is 0. The molecule has 0 aliphatic rings. The highest BCUT2D eigenvalue weighted by Gasteiger charge is 2.13.